The molecule has 1 aromatic heterocycles. The molecule has 2 rings (SSSR count). The first-order valence-electron chi connectivity index (χ1n) is 5.93. The maximum Gasteiger partial charge on any atom is 0.356 e. The molecule has 1 unspecified atom stereocenters. The van der Waals surface area contributed by atoms with E-state index in [0.717, 1.165) is 18.6 Å². The second-order valence-electron chi connectivity index (χ2n) is 4.45. The number of hydrogen-bond acceptors (Lipinski definition) is 7. The zero-order chi connectivity index (χ0) is 15.6. The molecule has 0 spiro atoms. The summed E-state index contributed by atoms with van der Waals surface area (Å²) in [4.78, 5) is 31.6. The van der Waals surface area contributed by atoms with Gasteiger partial charge in [-0.1, -0.05) is 0 Å². The summed E-state index contributed by atoms with van der Waals surface area (Å²) in [6.07, 6.45) is 3.11. The number of amides is 1. The molecule has 0 bridgehead atoms. The van der Waals surface area contributed by atoms with Gasteiger partial charge < -0.3 is 10.0 Å². The molecule has 1 aromatic rings. The molecule has 1 fully saturated rings. The highest BCUT2D eigenvalue weighted by molar-refractivity contribution is 8.00. The SMILES string of the molecule is CS(=O)(=O)C1CSCCN1C(=O)c1cnc(C(=O)O)cn1. The van der Waals surface area contributed by atoms with Crippen LogP contribution in [0.4, 0.5) is 0 Å². The molecule has 21 heavy (non-hydrogen) atoms. The molecule has 1 aliphatic heterocycles. The third kappa shape index (κ3) is 3.50. The number of thioether (sulfide) groups is 1. The Balaban J connectivity index is 2.26. The summed E-state index contributed by atoms with van der Waals surface area (Å²) < 4.78 is 23.5. The van der Waals surface area contributed by atoms with Crippen molar-refractivity contribution in [3.8, 4) is 0 Å². The number of carbonyl (C=O) groups excluding carboxylic acids is 1. The van der Waals surface area contributed by atoms with Crippen molar-refractivity contribution < 1.29 is 23.1 Å². The fourth-order valence-corrected chi connectivity index (χ4v) is 4.68. The summed E-state index contributed by atoms with van der Waals surface area (Å²) in [5.41, 5.74) is -0.346. The van der Waals surface area contributed by atoms with Crippen LogP contribution in [0.15, 0.2) is 12.4 Å². The largest absolute Gasteiger partial charge is 0.476 e. The number of carbonyl (C=O) groups is 2. The van der Waals surface area contributed by atoms with Crippen LogP contribution >= 0.6 is 11.8 Å². The van der Waals surface area contributed by atoms with E-state index in [1.165, 1.54) is 16.7 Å². The zero-order valence-corrected chi connectivity index (χ0v) is 12.7. The molecule has 0 radical (unpaired) electrons. The number of carboxylic acids is 1. The summed E-state index contributed by atoms with van der Waals surface area (Å²) in [7, 11) is -3.41. The maximum atomic E-state index is 12.3. The molecule has 10 heteroatoms. The standard InChI is InChI=1S/C11H13N3O5S2/c1-21(18,19)9-6-20-3-2-14(9)10(15)7-4-13-8(5-12-7)11(16)17/h4-5,9H,2-3,6H2,1H3,(H,16,17). The molecule has 1 saturated heterocycles. The number of aromatic carboxylic acids is 1. The number of sulfone groups is 1. The second-order valence-corrected chi connectivity index (χ2v) is 7.80. The van der Waals surface area contributed by atoms with Crippen LogP contribution in [0.2, 0.25) is 0 Å². The van der Waals surface area contributed by atoms with Crippen LogP contribution < -0.4 is 0 Å². The molecule has 1 amide bonds. The van der Waals surface area contributed by atoms with E-state index >= 15 is 0 Å². The van der Waals surface area contributed by atoms with Crippen molar-refractivity contribution in [3.05, 3.63) is 23.8 Å². The minimum absolute atomic E-state index is 0.0689. The minimum Gasteiger partial charge on any atom is -0.476 e. The number of rotatable bonds is 3. The fraction of sp³-hybridized carbons (Fsp3) is 0.455. The van der Waals surface area contributed by atoms with Gasteiger partial charge >= 0.3 is 5.97 Å². The number of hydrogen-bond donors (Lipinski definition) is 1. The third-order valence-corrected chi connectivity index (χ3v) is 5.57. The lowest BCUT2D eigenvalue weighted by molar-refractivity contribution is 0.0685. The normalized spacial score (nSPS) is 19.3. The minimum atomic E-state index is -3.41. The molecule has 1 N–H and O–H groups in total. The van der Waals surface area contributed by atoms with Gasteiger partial charge in [0.15, 0.2) is 15.5 Å². The summed E-state index contributed by atoms with van der Waals surface area (Å²) >= 11 is 1.47. The van der Waals surface area contributed by atoms with Crippen molar-refractivity contribution in [1.82, 2.24) is 14.9 Å². The number of aromatic nitrogens is 2. The molecule has 0 saturated carbocycles. The Labute approximate surface area is 125 Å². The highest BCUT2D eigenvalue weighted by Gasteiger charge is 2.35. The van der Waals surface area contributed by atoms with E-state index in [4.69, 9.17) is 5.11 Å². The molecule has 8 nitrogen and oxygen atoms in total. The smallest absolute Gasteiger partial charge is 0.356 e. The molecular weight excluding hydrogens is 318 g/mol. The monoisotopic (exact) mass is 331 g/mol. The summed E-state index contributed by atoms with van der Waals surface area (Å²) in [6.45, 7) is 0.295. The van der Waals surface area contributed by atoms with Crippen molar-refractivity contribution >= 4 is 33.5 Å². The molecule has 114 valence electrons. The van der Waals surface area contributed by atoms with Crippen molar-refractivity contribution in [1.29, 1.82) is 0 Å². The van der Waals surface area contributed by atoms with E-state index in [1.54, 1.807) is 0 Å². The number of nitrogens with zero attached hydrogens (tertiary/aromatic N) is 3. The lowest BCUT2D eigenvalue weighted by Crippen LogP contribution is -2.50. The predicted molar refractivity (Wildman–Crippen MR) is 76.0 cm³/mol. The molecule has 1 atom stereocenters. The van der Waals surface area contributed by atoms with Gasteiger partial charge in [0.25, 0.3) is 5.91 Å². The Morgan fingerprint density at radius 3 is 2.48 bits per heavy atom. The first kappa shape index (κ1) is 15.7. The predicted octanol–water partition coefficient (Wildman–Crippen LogP) is -0.265. The lowest BCUT2D eigenvalue weighted by Gasteiger charge is -2.33. The fourth-order valence-electron chi connectivity index (χ4n) is 1.86. The van der Waals surface area contributed by atoms with E-state index in [9.17, 15) is 18.0 Å². The van der Waals surface area contributed by atoms with Crippen LogP contribution in [0, 0.1) is 0 Å². The topological polar surface area (TPSA) is 118 Å². The Hall–Kier alpha value is -1.68. The average Bonchev–Trinajstić information content (AvgIpc) is 2.45. The van der Waals surface area contributed by atoms with Crippen molar-refractivity contribution in [2.45, 2.75) is 5.37 Å². The van der Waals surface area contributed by atoms with Gasteiger partial charge in [-0.15, -0.1) is 0 Å². The van der Waals surface area contributed by atoms with Gasteiger partial charge in [0.1, 0.15) is 11.1 Å². The lowest BCUT2D eigenvalue weighted by atomic mass is 10.3. The van der Waals surface area contributed by atoms with Gasteiger partial charge in [0.05, 0.1) is 12.4 Å². The van der Waals surface area contributed by atoms with Crippen LogP contribution in [-0.2, 0) is 9.84 Å². The highest BCUT2D eigenvalue weighted by Crippen LogP contribution is 2.21. The molecule has 0 aliphatic carbocycles. The highest BCUT2D eigenvalue weighted by atomic mass is 32.2. The molecular formula is C11H13N3O5S2. The Morgan fingerprint density at radius 1 is 1.33 bits per heavy atom. The third-order valence-electron chi connectivity index (χ3n) is 2.93. The van der Waals surface area contributed by atoms with E-state index in [-0.39, 0.29) is 11.4 Å². The Morgan fingerprint density at radius 2 is 1.95 bits per heavy atom. The van der Waals surface area contributed by atoms with Crippen LogP contribution in [0.5, 0.6) is 0 Å². The molecule has 0 aromatic carbocycles. The molecule has 2 heterocycles. The van der Waals surface area contributed by atoms with Gasteiger partial charge in [-0.05, 0) is 0 Å². The van der Waals surface area contributed by atoms with E-state index in [2.05, 4.69) is 9.97 Å². The van der Waals surface area contributed by atoms with E-state index in [0.29, 0.717) is 18.1 Å². The quantitative estimate of drug-likeness (QED) is 0.804. The van der Waals surface area contributed by atoms with Gasteiger partial charge in [-0.3, -0.25) is 4.79 Å². The van der Waals surface area contributed by atoms with Crippen molar-refractivity contribution in [2.24, 2.45) is 0 Å². The maximum absolute atomic E-state index is 12.3. The van der Waals surface area contributed by atoms with Gasteiger partial charge in [-0.2, -0.15) is 11.8 Å². The van der Waals surface area contributed by atoms with E-state index < -0.39 is 27.1 Å². The van der Waals surface area contributed by atoms with Crippen LogP contribution in [0.25, 0.3) is 0 Å². The van der Waals surface area contributed by atoms with Crippen LogP contribution in [0.1, 0.15) is 21.0 Å². The van der Waals surface area contributed by atoms with E-state index in [1.807, 2.05) is 0 Å². The van der Waals surface area contributed by atoms with Gasteiger partial charge in [0, 0.05) is 24.3 Å². The first-order chi connectivity index (χ1) is 9.80. The summed E-state index contributed by atoms with van der Waals surface area (Å²) in [5, 5.41) is 7.83. The zero-order valence-electron chi connectivity index (χ0n) is 11.1. The second kappa shape index (κ2) is 5.98. The van der Waals surface area contributed by atoms with Gasteiger partial charge in [-0.25, -0.2) is 23.2 Å². The Bertz CT molecular complexity index is 659. The van der Waals surface area contributed by atoms with Crippen LogP contribution in [-0.4, -0.2) is 69.9 Å². The van der Waals surface area contributed by atoms with Crippen molar-refractivity contribution in [3.63, 3.8) is 0 Å². The van der Waals surface area contributed by atoms with Gasteiger partial charge in [0.2, 0.25) is 0 Å². The average molecular weight is 331 g/mol. The first-order valence-corrected chi connectivity index (χ1v) is 9.04. The summed E-state index contributed by atoms with van der Waals surface area (Å²) in [6, 6.07) is 0. The van der Waals surface area contributed by atoms with Crippen LogP contribution in [0.3, 0.4) is 0 Å². The molecule has 1 aliphatic rings. The summed E-state index contributed by atoms with van der Waals surface area (Å²) in [5.74, 6) is -0.857. The Kier molecular flexibility index (Phi) is 4.47. The van der Waals surface area contributed by atoms with Crippen molar-refractivity contribution in [2.75, 3.05) is 24.3 Å². The number of carboxylic acid groups (broad SMARTS) is 1.